The van der Waals surface area contributed by atoms with E-state index >= 15 is 0 Å². The van der Waals surface area contributed by atoms with Crippen LogP contribution in [0.3, 0.4) is 0 Å². The van der Waals surface area contributed by atoms with Crippen LogP contribution in [0.5, 0.6) is 11.5 Å². The second-order valence-corrected chi connectivity index (χ2v) is 13.4. The van der Waals surface area contributed by atoms with Gasteiger partial charge in [-0.2, -0.15) is 4.31 Å². The minimum Gasteiger partial charge on any atom is -0.486 e. The standard InChI is InChI=1S/C32H42N4O7S/c1-4-5-13-31(38)36(34-32(39)26-12-9-16-33-26)27(19-24-10-7-6-8-11-24)28(37)22-35(21-23(2)3)44(40,41)25-14-15-29-30(20-25)43-18-17-42-29/h1,6-8,10-11,14-15,20,23,26-28,33,37H,5,9,12-13,16-19,21-22H2,2-3H3,(H,34,39)/t26?,27-,28+/m0/s1. The first-order valence-electron chi connectivity index (χ1n) is 15.0. The van der Waals surface area contributed by atoms with Crippen LogP contribution in [0, 0.1) is 18.3 Å². The molecule has 12 heteroatoms. The normalized spacial score (nSPS) is 17.6. The number of rotatable bonds is 13. The number of carbonyl (C=O) groups is 2. The predicted molar refractivity (Wildman–Crippen MR) is 165 cm³/mol. The van der Waals surface area contributed by atoms with Gasteiger partial charge in [-0.15, -0.1) is 12.3 Å². The first-order chi connectivity index (χ1) is 21.1. The maximum Gasteiger partial charge on any atom is 0.255 e. The van der Waals surface area contributed by atoms with Crippen molar-refractivity contribution in [3.8, 4) is 23.8 Å². The van der Waals surface area contributed by atoms with Gasteiger partial charge in [0.05, 0.1) is 23.1 Å². The number of fused-ring (bicyclic) bond motifs is 1. The lowest BCUT2D eigenvalue weighted by Gasteiger charge is -2.37. The van der Waals surface area contributed by atoms with E-state index in [4.69, 9.17) is 15.9 Å². The molecule has 2 amide bonds. The van der Waals surface area contributed by atoms with E-state index in [9.17, 15) is 23.1 Å². The van der Waals surface area contributed by atoms with Crippen molar-refractivity contribution in [2.75, 3.05) is 32.8 Å². The Bertz CT molecular complexity index is 1420. The molecule has 2 aliphatic heterocycles. The summed E-state index contributed by atoms with van der Waals surface area (Å²) in [6.45, 7) is 4.89. The number of carbonyl (C=O) groups excluding carboxylic acids is 2. The second-order valence-electron chi connectivity index (χ2n) is 11.4. The van der Waals surface area contributed by atoms with E-state index in [0.717, 1.165) is 17.0 Å². The fourth-order valence-corrected chi connectivity index (χ4v) is 6.97. The number of hydrazine groups is 1. The van der Waals surface area contributed by atoms with E-state index in [-0.39, 0.29) is 43.2 Å². The monoisotopic (exact) mass is 626 g/mol. The van der Waals surface area contributed by atoms with Gasteiger partial charge in [0.15, 0.2) is 11.5 Å². The Kier molecular flexibility index (Phi) is 11.6. The molecule has 0 bridgehead atoms. The number of benzene rings is 2. The summed E-state index contributed by atoms with van der Waals surface area (Å²) in [7, 11) is -4.12. The van der Waals surface area contributed by atoms with Gasteiger partial charge in [0, 0.05) is 32.0 Å². The van der Waals surface area contributed by atoms with Crippen molar-refractivity contribution in [2.45, 2.75) is 69.0 Å². The molecule has 4 rings (SSSR count). The number of amides is 2. The van der Waals surface area contributed by atoms with Gasteiger partial charge in [-0.25, -0.2) is 13.4 Å². The molecule has 0 spiro atoms. The van der Waals surface area contributed by atoms with Crippen molar-refractivity contribution in [3.63, 3.8) is 0 Å². The van der Waals surface area contributed by atoms with E-state index in [1.165, 1.54) is 16.4 Å². The maximum atomic E-state index is 14.0. The van der Waals surface area contributed by atoms with E-state index in [1.54, 1.807) is 6.07 Å². The molecule has 1 saturated heterocycles. The number of nitrogens with zero attached hydrogens (tertiary/aromatic N) is 2. The third-order valence-electron chi connectivity index (χ3n) is 7.53. The average Bonchev–Trinajstić information content (AvgIpc) is 3.56. The summed E-state index contributed by atoms with van der Waals surface area (Å²) in [6.07, 6.45) is 5.72. The molecule has 0 saturated carbocycles. The topological polar surface area (TPSA) is 138 Å². The Morgan fingerprint density at radius 2 is 1.84 bits per heavy atom. The molecule has 0 aromatic heterocycles. The molecule has 2 heterocycles. The Balaban J connectivity index is 1.67. The average molecular weight is 627 g/mol. The lowest BCUT2D eigenvalue weighted by Crippen LogP contribution is -2.61. The van der Waals surface area contributed by atoms with Crippen molar-refractivity contribution in [1.29, 1.82) is 0 Å². The van der Waals surface area contributed by atoms with Gasteiger partial charge in [-0.1, -0.05) is 44.2 Å². The van der Waals surface area contributed by atoms with Gasteiger partial charge < -0.3 is 19.9 Å². The van der Waals surface area contributed by atoms with Gasteiger partial charge in [0.1, 0.15) is 13.2 Å². The van der Waals surface area contributed by atoms with Crippen molar-refractivity contribution in [2.24, 2.45) is 5.92 Å². The summed E-state index contributed by atoms with van der Waals surface area (Å²) < 4.78 is 40.4. The lowest BCUT2D eigenvalue weighted by molar-refractivity contribution is -0.148. The predicted octanol–water partition coefficient (Wildman–Crippen LogP) is 2.10. The SMILES string of the molecule is C#CCCC(=O)N(NC(=O)C1CCCN1)[C@@H](Cc1ccccc1)[C@H](O)CN(CC(C)C)S(=O)(=O)c1ccc2c(c1)OCCO2. The molecule has 11 nitrogen and oxygen atoms in total. The highest BCUT2D eigenvalue weighted by Crippen LogP contribution is 2.33. The highest BCUT2D eigenvalue weighted by Gasteiger charge is 2.37. The second kappa shape index (κ2) is 15.4. The van der Waals surface area contributed by atoms with Crippen LogP contribution >= 0.6 is 0 Å². The zero-order valence-corrected chi connectivity index (χ0v) is 26.1. The molecule has 2 aliphatic rings. The fraction of sp³-hybridized carbons (Fsp3) is 0.500. The molecule has 3 N–H and O–H groups in total. The Hall–Kier alpha value is -3.63. The summed E-state index contributed by atoms with van der Waals surface area (Å²) in [6, 6.07) is 12.2. The van der Waals surface area contributed by atoms with Crippen LogP contribution in [0.15, 0.2) is 53.4 Å². The first kappa shape index (κ1) is 33.3. The summed E-state index contributed by atoms with van der Waals surface area (Å²) >= 11 is 0. The molecular formula is C32H42N4O7S. The molecule has 238 valence electrons. The highest BCUT2D eigenvalue weighted by molar-refractivity contribution is 7.89. The number of hydrogen-bond acceptors (Lipinski definition) is 8. The lowest BCUT2D eigenvalue weighted by atomic mass is 9.99. The van der Waals surface area contributed by atoms with Crippen LogP contribution < -0.4 is 20.2 Å². The van der Waals surface area contributed by atoms with Crippen LogP contribution in [0.2, 0.25) is 0 Å². The zero-order valence-electron chi connectivity index (χ0n) is 25.3. The number of aliphatic hydroxyl groups excluding tert-OH is 1. The van der Waals surface area contributed by atoms with Crippen molar-refractivity contribution < 1.29 is 32.6 Å². The van der Waals surface area contributed by atoms with E-state index < -0.39 is 40.0 Å². The zero-order chi connectivity index (χ0) is 31.7. The van der Waals surface area contributed by atoms with Crippen LogP contribution in [-0.4, -0.2) is 85.7 Å². The number of sulfonamides is 1. The molecule has 0 aliphatic carbocycles. The Morgan fingerprint density at radius 1 is 1.11 bits per heavy atom. The van der Waals surface area contributed by atoms with E-state index in [0.29, 0.717) is 37.7 Å². The largest absolute Gasteiger partial charge is 0.486 e. The Labute approximate surface area is 259 Å². The van der Waals surface area contributed by atoms with Crippen LogP contribution in [-0.2, 0) is 26.0 Å². The summed E-state index contributed by atoms with van der Waals surface area (Å²) in [4.78, 5) is 26.8. The summed E-state index contributed by atoms with van der Waals surface area (Å²) in [5.74, 6) is 2.29. The number of nitrogens with one attached hydrogen (secondary N) is 2. The number of ether oxygens (including phenoxy) is 2. The van der Waals surface area contributed by atoms with Crippen molar-refractivity contribution in [1.82, 2.24) is 20.1 Å². The third-order valence-corrected chi connectivity index (χ3v) is 9.36. The molecule has 44 heavy (non-hydrogen) atoms. The molecule has 2 aromatic carbocycles. The van der Waals surface area contributed by atoms with Gasteiger partial charge in [-0.05, 0) is 49.4 Å². The van der Waals surface area contributed by atoms with Gasteiger partial charge in [0.25, 0.3) is 5.91 Å². The molecule has 2 aromatic rings. The molecular weight excluding hydrogens is 584 g/mol. The smallest absolute Gasteiger partial charge is 0.255 e. The first-order valence-corrected chi connectivity index (χ1v) is 16.4. The van der Waals surface area contributed by atoms with Gasteiger partial charge in [0.2, 0.25) is 15.9 Å². The van der Waals surface area contributed by atoms with E-state index in [1.807, 2.05) is 44.2 Å². The minimum atomic E-state index is -4.12. The summed E-state index contributed by atoms with van der Waals surface area (Å²) in [5, 5.41) is 16.1. The van der Waals surface area contributed by atoms with E-state index in [2.05, 4.69) is 16.7 Å². The summed E-state index contributed by atoms with van der Waals surface area (Å²) in [5.41, 5.74) is 3.54. The third kappa shape index (κ3) is 8.51. The molecule has 1 unspecified atom stereocenters. The van der Waals surface area contributed by atoms with Crippen LogP contribution in [0.4, 0.5) is 0 Å². The van der Waals surface area contributed by atoms with Crippen molar-refractivity contribution in [3.05, 3.63) is 54.1 Å². The van der Waals surface area contributed by atoms with Crippen molar-refractivity contribution >= 4 is 21.8 Å². The number of aliphatic hydroxyl groups is 1. The maximum absolute atomic E-state index is 14.0. The van der Waals surface area contributed by atoms with Gasteiger partial charge >= 0.3 is 0 Å². The number of hydrogen-bond donors (Lipinski definition) is 3. The molecule has 1 fully saturated rings. The molecule has 3 atom stereocenters. The van der Waals surface area contributed by atoms with Crippen LogP contribution in [0.1, 0.15) is 45.1 Å². The minimum absolute atomic E-state index is 0.00299. The van der Waals surface area contributed by atoms with Gasteiger partial charge in [-0.3, -0.25) is 15.0 Å². The van der Waals surface area contributed by atoms with Crippen LogP contribution in [0.25, 0.3) is 0 Å². The molecule has 0 radical (unpaired) electrons. The Morgan fingerprint density at radius 3 is 2.50 bits per heavy atom. The highest BCUT2D eigenvalue weighted by atomic mass is 32.2. The fourth-order valence-electron chi connectivity index (χ4n) is 5.33. The quantitative estimate of drug-likeness (QED) is 0.227. The number of terminal acetylenes is 1.